The largest absolute Gasteiger partial charge is 0.508 e. The lowest BCUT2D eigenvalue weighted by atomic mass is 10.0. The molecule has 10 nitrogen and oxygen atoms in total. The van der Waals surface area contributed by atoms with Crippen molar-refractivity contribution in [3.05, 3.63) is 29.8 Å². The summed E-state index contributed by atoms with van der Waals surface area (Å²) in [6.07, 6.45) is 1.01. The number of carbonyl (C=O) groups excluding carboxylic acids is 3. The van der Waals surface area contributed by atoms with Crippen molar-refractivity contribution in [2.75, 3.05) is 6.54 Å². The second-order valence-electron chi connectivity index (χ2n) is 7.48. The van der Waals surface area contributed by atoms with Gasteiger partial charge in [-0.15, -0.1) is 0 Å². The average Bonchev–Trinajstić information content (AvgIpc) is 3.18. The molecule has 0 aromatic heterocycles. The van der Waals surface area contributed by atoms with Crippen LogP contribution in [0.4, 0.5) is 0 Å². The molecule has 3 amide bonds. The van der Waals surface area contributed by atoms with Crippen LogP contribution in [0.1, 0.15) is 32.3 Å². The van der Waals surface area contributed by atoms with Crippen molar-refractivity contribution in [3.63, 3.8) is 0 Å². The number of carboxylic acid groups (broad SMARTS) is 1. The fourth-order valence-corrected chi connectivity index (χ4v) is 3.26. The van der Waals surface area contributed by atoms with Gasteiger partial charge in [-0.2, -0.15) is 0 Å². The Morgan fingerprint density at radius 3 is 2.33 bits per heavy atom. The Morgan fingerprint density at radius 2 is 1.77 bits per heavy atom. The van der Waals surface area contributed by atoms with Crippen LogP contribution in [0.25, 0.3) is 0 Å². The third-order valence-electron chi connectivity index (χ3n) is 4.98. The van der Waals surface area contributed by atoms with Gasteiger partial charge in [-0.05, 0) is 44.4 Å². The van der Waals surface area contributed by atoms with Gasteiger partial charge in [-0.25, -0.2) is 4.79 Å². The Kier molecular flexibility index (Phi) is 7.76. The number of hydrogen-bond donors (Lipinski definition) is 5. The minimum absolute atomic E-state index is 0.0587. The van der Waals surface area contributed by atoms with Crippen molar-refractivity contribution in [1.29, 1.82) is 0 Å². The molecule has 2 rings (SSSR count). The third kappa shape index (κ3) is 5.93. The number of hydrogen-bond acceptors (Lipinski definition) is 6. The van der Waals surface area contributed by atoms with Gasteiger partial charge in [0.1, 0.15) is 23.9 Å². The summed E-state index contributed by atoms with van der Waals surface area (Å²) in [6.45, 7) is 3.23. The summed E-state index contributed by atoms with van der Waals surface area (Å²) >= 11 is 0. The van der Waals surface area contributed by atoms with Crippen molar-refractivity contribution < 1.29 is 29.4 Å². The zero-order chi connectivity index (χ0) is 22.4. The number of carbonyl (C=O) groups is 4. The molecule has 10 heteroatoms. The summed E-state index contributed by atoms with van der Waals surface area (Å²) < 4.78 is 0. The van der Waals surface area contributed by atoms with Gasteiger partial charge in [0.15, 0.2) is 0 Å². The first-order chi connectivity index (χ1) is 14.1. The first-order valence-electron chi connectivity index (χ1n) is 9.77. The molecule has 0 radical (unpaired) electrons. The molecule has 1 aromatic carbocycles. The minimum Gasteiger partial charge on any atom is -0.508 e. The van der Waals surface area contributed by atoms with E-state index in [9.17, 15) is 29.4 Å². The van der Waals surface area contributed by atoms with Crippen LogP contribution in [-0.2, 0) is 25.6 Å². The number of benzene rings is 1. The van der Waals surface area contributed by atoms with Gasteiger partial charge < -0.3 is 31.5 Å². The van der Waals surface area contributed by atoms with Crippen molar-refractivity contribution in [1.82, 2.24) is 15.5 Å². The van der Waals surface area contributed by atoms with Crippen LogP contribution in [0.15, 0.2) is 24.3 Å². The number of rotatable bonds is 8. The fourth-order valence-electron chi connectivity index (χ4n) is 3.26. The van der Waals surface area contributed by atoms with E-state index >= 15 is 0 Å². The maximum Gasteiger partial charge on any atom is 0.326 e. The van der Waals surface area contributed by atoms with Gasteiger partial charge in [0, 0.05) is 13.0 Å². The predicted octanol–water partition coefficient (Wildman–Crippen LogP) is -0.653. The first-order valence-corrected chi connectivity index (χ1v) is 9.77. The molecule has 164 valence electrons. The maximum absolute atomic E-state index is 13.1. The number of phenolic OH excluding ortho intramolecular Hbond substituents is 1. The lowest BCUT2D eigenvalue weighted by Crippen LogP contribution is -2.56. The lowest BCUT2D eigenvalue weighted by molar-refractivity contribution is -0.149. The smallest absolute Gasteiger partial charge is 0.326 e. The molecular formula is C20H28N4O6. The zero-order valence-corrected chi connectivity index (χ0v) is 17.0. The van der Waals surface area contributed by atoms with Crippen LogP contribution in [0, 0.1) is 0 Å². The minimum atomic E-state index is -1.09. The molecule has 4 unspecified atom stereocenters. The summed E-state index contributed by atoms with van der Waals surface area (Å²) in [5.41, 5.74) is 6.17. The van der Waals surface area contributed by atoms with Crippen LogP contribution in [0.5, 0.6) is 5.75 Å². The molecule has 1 fully saturated rings. The molecule has 4 atom stereocenters. The SMILES string of the molecule is CC(N)C(=O)NC(C)C(=O)NC(Cc1ccc(O)cc1)C(=O)N1CCCC1C(=O)O. The van der Waals surface area contributed by atoms with Gasteiger partial charge in [0.05, 0.1) is 6.04 Å². The molecule has 1 aromatic rings. The van der Waals surface area contributed by atoms with E-state index in [1.807, 2.05) is 0 Å². The van der Waals surface area contributed by atoms with E-state index in [0.717, 1.165) is 0 Å². The molecular weight excluding hydrogens is 392 g/mol. The van der Waals surface area contributed by atoms with Crippen LogP contribution in [0.2, 0.25) is 0 Å². The van der Waals surface area contributed by atoms with E-state index in [2.05, 4.69) is 10.6 Å². The maximum atomic E-state index is 13.1. The highest BCUT2D eigenvalue weighted by Gasteiger charge is 2.38. The number of phenols is 1. The molecule has 0 saturated carbocycles. The van der Waals surface area contributed by atoms with Gasteiger partial charge >= 0.3 is 5.97 Å². The molecule has 1 aliphatic rings. The van der Waals surface area contributed by atoms with E-state index in [1.165, 1.54) is 30.9 Å². The number of aliphatic carboxylic acids is 1. The van der Waals surface area contributed by atoms with Crippen LogP contribution in [0.3, 0.4) is 0 Å². The number of carboxylic acids is 1. The van der Waals surface area contributed by atoms with Crippen molar-refractivity contribution in [2.24, 2.45) is 5.73 Å². The van der Waals surface area contributed by atoms with Crippen LogP contribution < -0.4 is 16.4 Å². The summed E-state index contributed by atoms with van der Waals surface area (Å²) in [5, 5.41) is 23.9. The fraction of sp³-hybridized carbons (Fsp3) is 0.500. The lowest BCUT2D eigenvalue weighted by Gasteiger charge is -2.28. The van der Waals surface area contributed by atoms with Crippen molar-refractivity contribution >= 4 is 23.7 Å². The molecule has 0 bridgehead atoms. The van der Waals surface area contributed by atoms with E-state index in [-0.39, 0.29) is 18.7 Å². The highest BCUT2D eigenvalue weighted by molar-refractivity contribution is 5.94. The highest BCUT2D eigenvalue weighted by atomic mass is 16.4. The first kappa shape index (κ1) is 23.1. The number of amides is 3. The quantitative estimate of drug-likeness (QED) is 0.373. The number of likely N-dealkylation sites (tertiary alicyclic amines) is 1. The van der Waals surface area contributed by atoms with Gasteiger partial charge in [-0.1, -0.05) is 12.1 Å². The number of nitrogens with two attached hydrogens (primary N) is 1. The van der Waals surface area contributed by atoms with Gasteiger partial charge in [0.2, 0.25) is 17.7 Å². The molecule has 30 heavy (non-hydrogen) atoms. The summed E-state index contributed by atoms with van der Waals surface area (Å²) in [5.74, 6) is -2.64. The van der Waals surface area contributed by atoms with Gasteiger partial charge in [0.25, 0.3) is 0 Å². The average molecular weight is 420 g/mol. The number of aromatic hydroxyl groups is 1. The molecule has 1 aliphatic heterocycles. The molecule has 1 saturated heterocycles. The van der Waals surface area contributed by atoms with Crippen LogP contribution >= 0.6 is 0 Å². The Morgan fingerprint density at radius 1 is 1.13 bits per heavy atom. The molecule has 0 aliphatic carbocycles. The van der Waals surface area contributed by atoms with Crippen LogP contribution in [-0.4, -0.2) is 69.5 Å². The Bertz CT molecular complexity index is 795. The van der Waals surface area contributed by atoms with E-state index in [4.69, 9.17) is 5.73 Å². The number of nitrogens with one attached hydrogen (secondary N) is 2. The molecule has 1 heterocycles. The zero-order valence-electron chi connectivity index (χ0n) is 17.0. The Balaban J connectivity index is 2.19. The monoisotopic (exact) mass is 420 g/mol. The number of nitrogens with zero attached hydrogens (tertiary/aromatic N) is 1. The van der Waals surface area contributed by atoms with E-state index in [1.54, 1.807) is 12.1 Å². The second-order valence-corrected chi connectivity index (χ2v) is 7.48. The normalized spacial score (nSPS) is 18.9. The summed E-state index contributed by atoms with van der Waals surface area (Å²) in [6, 6.07) is 2.44. The van der Waals surface area contributed by atoms with Crippen molar-refractivity contribution in [2.45, 2.75) is 57.3 Å². The standard InChI is InChI=1S/C20H28N4O6/c1-11(21)17(26)22-12(2)18(27)23-15(10-13-5-7-14(25)8-6-13)19(28)24-9-3-4-16(24)20(29)30/h5-8,11-12,15-16,25H,3-4,9-10,21H2,1-2H3,(H,22,26)(H,23,27)(H,29,30). The topological polar surface area (TPSA) is 162 Å². The highest BCUT2D eigenvalue weighted by Crippen LogP contribution is 2.20. The third-order valence-corrected chi connectivity index (χ3v) is 4.98. The second kappa shape index (κ2) is 10.1. The Hall–Kier alpha value is -3.14. The Labute approximate surface area is 174 Å². The van der Waals surface area contributed by atoms with Gasteiger partial charge in [-0.3, -0.25) is 14.4 Å². The van der Waals surface area contributed by atoms with E-state index in [0.29, 0.717) is 18.4 Å². The predicted molar refractivity (Wildman–Crippen MR) is 107 cm³/mol. The molecule has 0 spiro atoms. The van der Waals surface area contributed by atoms with E-state index < -0.39 is 47.9 Å². The van der Waals surface area contributed by atoms with Crippen molar-refractivity contribution in [3.8, 4) is 5.75 Å². The summed E-state index contributed by atoms with van der Waals surface area (Å²) in [7, 11) is 0. The summed E-state index contributed by atoms with van der Waals surface area (Å²) in [4.78, 5) is 50.2. The molecule has 6 N–H and O–H groups in total.